The van der Waals surface area contributed by atoms with Gasteiger partial charge in [0.2, 0.25) is 5.91 Å². The Morgan fingerprint density at radius 1 is 1.32 bits per heavy atom. The fourth-order valence-corrected chi connectivity index (χ4v) is 6.00. The minimum absolute atomic E-state index is 0.0422. The molecule has 4 saturated carbocycles. The van der Waals surface area contributed by atoms with Crippen LogP contribution in [0, 0.1) is 40.2 Å². The van der Waals surface area contributed by atoms with E-state index < -0.39 is 4.92 Å². The first-order valence-corrected chi connectivity index (χ1v) is 9.38. The normalized spacial score (nSPS) is 32.8. The Morgan fingerprint density at radius 2 is 1.92 bits per heavy atom. The predicted octanol–water partition coefficient (Wildman–Crippen LogP) is 2.82. The van der Waals surface area contributed by atoms with Gasteiger partial charge in [0, 0.05) is 6.54 Å². The molecule has 4 fully saturated rings. The zero-order chi connectivity index (χ0) is 17.6. The third kappa shape index (κ3) is 3.28. The van der Waals surface area contributed by atoms with Crippen LogP contribution in [0.25, 0.3) is 0 Å². The van der Waals surface area contributed by atoms with Crippen molar-refractivity contribution < 1.29 is 9.72 Å². The third-order valence-corrected chi connectivity index (χ3v) is 6.59. The molecule has 0 spiro atoms. The Labute approximate surface area is 147 Å². The molecule has 1 aromatic heterocycles. The molecule has 5 rings (SSSR count). The minimum atomic E-state index is -0.533. The van der Waals surface area contributed by atoms with Gasteiger partial charge in [0.05, 0.1) is 16.9 Å². The summed E-state index contributed by atoms with van der Waals surface area (Å²) in [5, 5.41) is 17.6. The van der Waals surface area contributed by atoms with E-state index in [1.165, 1.54) is 49.3 Å². The van der Waals surface area contributed by atoms with Gasteiger partial charge in [-0.2, -0.15) is 4.68 Å². The lowest BCUT2D eigenvalue weighted by Gasteiger charge is -2.57. The number of nitro groups is 1. The zero-order valence-corrected chi connectivity index (χ0v) is 14.7. The van der Waals surface area contributed by atoms with Gasteiger partial charge >= 0.3 is 5.82 Å². The number of carbonyl (C=O) groups excluding carboxylic acids is 1. The second-order valence-electron chi connectivity index (χ2n) is 8.58. The summed E-state index contributed by atoms with van der Waals surface area (Å²) >= 11 is 0. The Morgan fingerprint density at radius 3 is 2.44 bits per heavy atom. The molecule has 1 aromatic rings. The molecule has 7 nitrogen and oxygen atoms in total. The predicted molar refractivity (Wildman–Crippen MR) is 91.9 cm³/mol. The molecule has 0 aromatic carbocycles. The van der Waals surface area contributed by atoms with Crippen LogP contribution >= 0.6 is 0 Å². The fourth-order valence-electron chi connectivity index (χ4n) is 6.00. The Bertz CT molecular complexity index is 661. The van der Waals surface area contributed by atoms with Crippen molar-refractivity contribution in [2.75, 3.05) is 6.54 Å². The summed E-state index contributed by atoms with van der Waals surface area (Å²) in [6, 6.07) is 1.39. The van der Waals surface area contributed by atoms with Crippen LogP contribution in [0.5, 0.6) is 0 Å². The number of amides is 1. The summed E-state index contributed by atoms with van der Waals surface area (Å²) in [5.41, 5.74) is 1.09. The smallest absolute Gasteiger partial charge is 0.358 e. The van der Waals surface area contributed by atoms with Crippen molar-refractivity contribution in [3.05, 3.63) is 21.9 Å². The Hall–Kier alpha value is -1.92. The number of hydrogen-bond donors (Lipinski definition) is 1. The van der Waals surface area contributed by atoms with Crippen molar-refractivity contribution in [3.8, 4) is 0 Å². The van der Waals surface area contributed by atoms with Crippen LogP contribution in [0.2, 0.25) is 0 Å². The van der Waals surface area contributed by atoms with Crippen molar-refractivity contribution in [1.29, 1.82) is 0 Å². The van der Waals surface area contributed by atoms with Crippen LogP contribution in [-0.2, 0) is 11.3 Å². The summed E-state index contributed by atoms with van der Waals surface area (Å²) in [6.07, 6.45) is 9.41. The zero-order valence-electron chi connectivity index (χ0n) is 14.7. The molecular formula is C18H26N4O3. The lowest BCUT2D eigenvalue weighted by Crippen LogP contribution is -2.47. The molecule has 1 heterocycles. The molecule has 4 aliphatic rings. The maximum absolute atomic E-state index is 12.2. The fraction of sp³-hybridized carbons (Fsp3) is 0.778. The van der Waals surface area contributed by atoms with Crippen molar-refractivity contribution in [3.63, 3.8) is 0 Å². The molecule has 0 atom stereocenters. The second-order valence-corrected chi connectivity index (χ2v) is 8.58. The highest BCUT2D eigenvalue weighted by atomic mass is 16.6. The minimum Gasteiger partial charge on any atom is -0.358 e. The number of nitrogens with one attached hydrogen (secondary N) is 1. The van der Waals surface area contributed by atoms with Gasteiger partial charge in [0.15, 0.2) is 0 Å². The molecule has 1 amide bonds. The number of hydrogen-bond acceptors (Lipinski definition) is 4. The molecular weight excluding hydrogens is 320 g/mol. The van der Waals surface area contributed by atoms with Crippen LogP contribution in [0.1, 0.15) is 50.6 Å². The lowest BCUT2D eigenvalue weighted by atomic mass is 9.49. The topological polar surface area (TPSA) is 90.1 Å². The van der Waals surface area contributed by atoms with E-state index >= 15 is 0 Å². The van der Waals surface area contributed by atoms with E-state index in [9.17, 15) is 14.9 Å². The van der Waals surface area contributed by atoms with E-state index in [2.05, 4.69) is 10.4 Å². The van der Waals surface area contributed by atoms with Crippen LogP contribution in [0.4, 0.5) is 5.82 Å². The average Bonchev–Trinajstić information content (AvgIpc) is 2.87. The average molecular weight is 346 g/mol. The highest BCUT2D eigenvalue weighted by molar-refractivity contribution is 5.75. The monoisotopic (exact) mass is 346 g/mol. The SMILES string of the molecule is Cc1cc([N+](=O)[O-])nn1CC(=O)NCCC12CC3CC(CC(C3)C1)C2. The largest absolute Gasteiger partial charge is 0.390 e. The first-order valence-electron chi connectivity index (χ1n) is 9.38. The van der Waals surface area contributed by atoms with Gasteiger partial charge in [0.1, 0.15) is 6.54 Å². The molecule has 0 aliphatic heterocycles. The van der Waals surface area contributed by atoms with Crippen molar-refractivity contribution in [2.45, 2.75) is 58.4 Å². The molecule has 4 bridgehead atoms. The Balaban J connectivity index is 1.29. The number of aromatic nitrogens is 2. The molecule has 25 heavy (non-hydrogen) atoms. The standard InChI is InChI=1S/C18H26N4O3/c1-12-4-16(22(24)25)20-21(12)11-17(23)19-3-2-18-8-13-5-14(9-18)7-15(6-13)10-18/h4,13-15H,2-3,5-11H2,1H3,(H,19,23). The van der Waals surface area contributed by atoms with Gasteiger partial charge in [0.25, 0.3) is 0 Å². The van der Waals surface area contributed by atoms with E-state index in [0.717, 1.165) is 24.2 Å². The second kappa shape index (κ2) is 6.11. The lowest BCUT2D eigenvalue weighted by molar-refractivity contribution is -0.389. The molecule has 0 radical (unpaired) electrons. The van der Waals surface area contributed by atoms with Crippen LogP contribution in [0.3, 0.4) is 0 Å². The van der Waals surface area contributed by atoms with E-state index in [1.807, 2.05) is 0 Å². The summed E-state index contributed by atoms with van der Waals surface area (Å²) < 4.78 is 1.40. The van der Waals surface area contributed by atoms with Gasteiger partial charge in [-0.05, 0) is 80.0 Å². The van der Waals surface area contributed by atoms with Gasteiger partial charge in [-0.15, -0.1) is 0 Å². The summed E-state index contributed by atoms with van der Waals surface area (Å²) in [5.74, 6) is 2.45. The van der Waals surface area contributed by atoms with Crippen molar-refractivity contribution in [2.24, 2.45) is 23.2 Å². The maximum Gasteiger partial charge on any atom is 0.390 e. The molecule has 0 unspecified atom stereocenters. The van der Waals surface area contributed by atoms with Gasteiger partial charge in [-0.3, -0.25) is 4.79 Å². The van der Waals surface area contributed by atoms with E-state index in [1.54, 1.807) is 6.92 Å². The van der Waals surface area contributed by atoms with E-state index in [0.29, 0.717) is 17.7 Å². The number of carbonyl (C=O) groups is 1. The summed E-state index contributed by atoms with van der Waals surface area (Å²) in [4.78, 5) is 22.4. The number of aryl methyl sites for hydroxylation is 1. The molecule has 136 valence electrons. The van der Waals surface area contributed by atoms with Gasteiger partial charge in [-0.1, -0.05) is 0 Å². The van der Waals surface area contributed by atoms with Gasteiger partial charge in [-0.25, -0.2) is 0 Å². The van der Waals surface area contributed by atoms with Crippen LogP contribution in [-0.4, -0.2) is 27.2 Å². The van der Waals surface area contributed by atoms with Crippen LogP contribution in [0.15, 0.2) is 6.07 Å². The third-order valence-electron chi connectivity index (χ3n) is 6.59. The number of rotatable bonds is 6. The van der Waals surface area contributed by atoms with Crippen molar-refractivity contribution in [1.82, 2.24) is 15.1 Å². The quantitative estimate of drug-likeness (QED) is 0.633. The van der Waals surface area contributed by atoms with E-state index in [4.69, 9.17) is 0 Å². The number of nitrogens with zero attached hydrogens (tertiary/aromatic N) is 3. The van der Waals surface area contributed by atoms with Crippen LogP contribution < -0.4 is 5.32 Å². The highest BCUT2D eigenvalue weighted by Crippen LogP contribution is 2.61. The van der Waals surface area contributed by atoms with E-state index in [-0.39, 0.29) is 18.3 Å². The first kappa shape index (κ1) is 16.5. The molecule has 0 saturated heterocycles. The van der Waals surface area contributed by atoms with Gasteiger partial charge < -0.3 is 15.4 Å². The molecule has 4 aliphatic carbocycles. The summed E-state index contributed by atoms with van der Waals surface area (Å²) in [6.45, 7) is 2.47. The Kier molecular flexibility index (Phi) is 4.04. The highest BCUT2D eigenvalue weighted by Gasteiger charge is 2.50. The maximum atomic E-state index is 12.2. The first-order chi connectivity index (χ1) is 11.9. The molecule has 1 N–H and O–H groups in total. The van der Waals surface area contributed by atoms with Crippen molar-refractivity contribution >= 4 is 11.7 Å². The molecule has 7 heteroatoms. The summed E-state index contributed by atoms with van der Waals surface area (Å²) in [7, 11) is 0.